The molecule has 2 aromatic rings. The average molecular weight is 375 g/mol. The third-order valence-corrected chi connectivity index (χ3v) is 5.21. The van der Waals surface area contributed by atoms with E-state index >= 15 is 0 Å². The third-order valence-electron chi connectivity index (χ3n) is 4.85. The number of amides is 1. The zero-order valence-corrected chi connectivity index (χ0v) is 15.8. The van der Waals surface area contributed by atoms with Crippen molar-refractivity contribution in [2.75, 3.05) is 18.0 Å². The van der Waals surface area contributed by atoms with Crippen molar-refractivity contribution >= 4 is 23.2 Å². The fraction of sp³-hybridized carbons (Fsp3) is 0.421. The van der Waals surface area contributed by atoms with Crippen molar-refractivity contribution in [2.45, 2.75) is 26.3 Å². The van der Waals surface area contributed by atoms with Crippen molar-refractivity contribution in [2.24, 2.45) is 13.0 Å². The number of hydrogen-bond donors (Lipinski definition) is 1. The van der Waals surface area contributed by atoms with Crippen LogP contribution in [-0.2, 0) is 18.4 Å². The Labute approximate surface area is 157 Å². The van der Waals surface area contributed by atoms with Gasteiger partial charge in [-0.25, -0.2) is 4.68 Å². The van der Waals surface area contributed by atoms with E-state index in [1.54, 1.807) is 13.2 Å². The Morgan fingerprint density at radius 1 is 1.27 bits per heavy atom. The Kier molecular flexibility index (Phi) is 5.61. The number of carbonyl (C=O) groups is 1. The average Bonchev–Trinajstić information content (AvgIpc) is 2.66. The number of aromatic nitrogens is 2. The lowest BCUT2D eigenvalue weighted by molar-refractivity contribution is -0.125. The molecule has 0 saturated carbocycles. The smallest absolute Gasteiger partial charge is 0.287 e. The Morgan fingerprint density at radius 3 is 2.58 bits per heavy atom. The summed E-state index contributed by atoms with van der Waals surface area (Å²) in [5.41, 5.74) is 2.64. The molecule has 7 heteroatoms. The number of carbonyl (C=O) groups excluding carboxylic acids is 1. The summed E-state index contributed by atoms with van der Waals surface area (Å²) < 4.78 is 1.22. The van der Waals surface area contributed by atoms with Gasteiger partial charge in [-0.2, -0.15) is 5.10 Å². The van der Waals surface area contributed by atoms with E-state index in [2.05, 4.69) is 10.4 Å². The van der Waals surface area contributed by atoms with Crippen molar-refractivity contribution in [1.29, 1.82) is 0 Å². The van der Waals surface area contributed by atoms with Gasteiger partial charge in [0.2, 0.25) is 5.91 Å². The van der Waals surface area contributed by atoms with Gasteiger partial charge >= 0.3 is 0 Å². The molecule has 1 amide bonds. The highest BCUT2D eigenvalue weighted by molar-refractivity contribution is 6.33. The monoisotopic (exact) mass is 374 g/mol. The molecule has 1 aromatic heterocycles. The van der Waals surface area contributed by atoms with Gasteiger partial charge in [0.1, 0.15) is 5.02 Å². The molecule has 0 bridgehead atoms. The van der Waals surface area contributed by atoms with E-state index in [0.717, 1.165) is 18.4 Å². The van der Waals surface area contributed by atoms with Crippen LogP contribution in [0.4, 0.5) is 5.69 Å². The Bertz CT molecular complexity index is 840. The highest BCUT2D eigenvalue weighted by Crippen LogP contribution is 2.26. The molecule has 0 unspecified atom stereocenters. The van der Waals surface area contributed by atoms with E-state index in [1.807, 2.05) is 36.1 Å². The van der Waals surface area contributed by atoms with Crippen LogP contribution in [0.15, 0.2) is 35.3 Å². The van der Waals surface area contributed by atoms with Crippen LogP contribution in [0.3, 0.4) is 0 Å². The van der Waals surface area contributed by atoms with Gasteiger partial charge in [0, 0.05) is 32.6 Å². The summed E-state index contributed by atoms with van der Waals surface area (Å²) in [6, 6.07) is 8.15. The van der Waals surface area contributed by atoms with Crippen LogP contribution in [0.2, 0.25) is 5.02 Å². The molecule has 0 spiro atoms. The van der Waals surface area contributed by atoms with Gasteiger partial charge in [0.05, 0.1) is 11.9 Å². The van der Waals surface area contributed by atoms with Crippen molar-refractivity contribution in [3.63, 3.8) is 0 Å². The molecule has 1 aliphatic rings. The molecule has 1 aromatic carbocycles. The minimum atomic E-state index is -0.304. The first kappa shape index (κ1) is 18.5. The van der Waals surface area contributed by atoms with Gasteiger partial charge in [-0.1, -0.05) is 41.4 Å². The molecule has 1 fully saturated rings. The summed E-state index contributed by atoms with van der Waals surface area (Å²) in [5.74, 6) is 0.0633. The topological polar surface area (TPSA) is 67.2 Å². The van der Waals surface area contributed by atoms with Gasteiger partial charge in [0.15, 0.2) is 0 Å². The number of hydrogen-bond acceptors (Lipinski definition) is 4. The zero-order valence-electron chi connectivity index (χ0n) is 15.0. The maximum Gasteiger partial charge on any atom is 0.287 e. The summed E-state index contributed by atoms with van der Waals surface area (Å²) in [5, 5.41) is 7.24. The van der Waals surface area contributed by atoms with Crippen molar-refractivity contribution in [3.8, 4) is 0 Å². The number of halogens is 1. The SMILES string of the molecule is Cc1ccc(CNC(=O)C2CCN(c3cnn(C)c(=O)c3Cl)CC2)cc1. The first-order valence-electron chi connectivity index (χ1n) is 8.75. The molecule has 1 saturated heterocycles. The van der Waals surface area contributed by atoms with Crippen LogP contribution in [-0.4, -0.2) is 28.8 Å². The van der Waals surface area contributed by atoms with Gasteiger partial charge in [0.25, 0.3) is 5.56 Å². The lowest BCUT2D eigenvalue weighted by Gasteiger charge is -2.33. The van der Waals surface area contributed by atoms with Crippen LogP contribution in [0.25, 0.3) is 0 Å². The van der Waals surface area contributed by atoms with Crippen LogP contribution < -0.4 is 15.8 Å². The fourth-order valence-electron chi connectivity index (χ4n) is 3.14. The molecule has 0 aliphatic carbocycles. The first-order chi connectivity index (χ1) is 12.5. The number of nitrogens with zero attached hydrogens (tertiary/aromatic N) is 3. The molecule has 138 valence electrons. The fourth-order valence-corrected chi connectivity index (χ4v) is 3.44. The lowest BCUT2D eigenvalue weighted by Crippen LogP contribution is -2.41. The number of piperidine rings is 1. The van der Waals surface area contributed by atoms with Gasteiger partial charge < -0.3 is 10.2 Å². The lowest BCUT2D eigenvalue weighted by atomic mass is 9.95. The molecule has 0 radical (unpaired) electrons. The minimum Gasteiger partial charge on any atom is -0.369 e. The third kappa shape index (κ3) is 4.07. The molecular weight excluding hydrogens is 352 g/mol. The van der Waals surface area contributed by atoms with Crippen molar-refractivity contribution < 1.29 is 4.79 Å². The number of nitrogens with one attached hydrogen (secondary N) is 1. The zero-order chi connectivity index (χ0) is 18.7. The number of anilines is 1. The summed E-state index contributed by atoms with van der Waals surface area (Å²) in [6.07, 6.45) is 3.07. The highest BCUT2D eigenvalue weighted by Gasteiger charge is 2.26. The largest absolute Gasteiger partial charge is 0.369 e. The number of aryl methyl sites for hydroxylation is 2. The van der Waals surface area contributed by atoms with Gasteiger partial charge in [-0.05, 0) is 25.3 Å². The van der Waals surface area contributed by atoms with Gasteiger partial charge in [-0.15, -0.1) is 0 Å². The number of rotatable bonds is 4. The Balaban J connectivity index is 1.55. The molecule has 1 N–H and O–H groups in total. The molecule has 0 atom stereocenters. The second-order valence-corrected chi connectivity index (χ2v) is 7.12. The quantitative estimate of drug-likeness (QED) is 0.891. The van der Waals surface area contributed by atoms with Gasteiger partial charge in [-0.3, -0.25) is 9.59 Å². The van der Waals surface area contributed by atoms with Crippen LogP contribution >= 0.6 is 11.6 Å². The number of benzene rings is 1. The predicted octanol–water partition coefficient (Wildman–Crippen LogP) is 2.27. The molecule has 1 aliphatic heterocycles. The van der Waals surface area contributed by atoms with Crippen LogP contribution in [0.1, 0.15) is 24.0 Å². The van der Waals surface area contributed by atoms with E-state index in [1.165, 1.54) is 10.2 Å². The first-order valence-corrected chi connectivity index (χ1v) is 9.13. The van der Waals surface area contributed by atoms with E-state index in [4.69, 9.17) is 11.6 Å². The molecular formula is C19H23ClN4O2. The Hall–Kier alpha value is -2.34. The van der Waals surface area contributed by atoms with Crippen molar-refractivity contribution in [3.05, 3.63) is 57.0 Å². The second-order valence-electron chi connectivity index (χ2n) is 6.74. The molecule has 6 nitrogen and oxygen atoms in total. The van der Waals surface area contributed by atoms with E-state index in [9.17, 15) is 9.59 Å². The van der Waals surface area contributed by atoms with E-state index in [-0.39, 0.29) is 22.4 Å². The van der Waals surface area contributed by atoms with E-state index in [0.29, 0.717) is 25.3 Å². The predicted molar refractivity (Wildman–Crippen MR) is 102 cm³/mol. The maximum absolute atomic E-state index is 12.4. The van der Waals surface area contributed by atoms with Crippen molar-refractivity contribution in [1.82, 2.24) is 15.1 Å². The van der Waals surface area contributed by atoms with E-state index < -0.39 is 0 Å². The standard InChI is InChI=1S/C19H23ClN4O2/c1-13-3-5-14(6-4-13)11-21-18(25)15-7-9-24(10-8-15)16-12-22-23(2)19(26)17(16)20/h3-6,12,15H,7-11H2,1-2H3,(H,21,25). The van der Waals surface area contributed by atoms with Crippen LogP contribution in [0, 0.1) is 12.8 Å². The normalized spacial score (nSPS) is 15.1. The Morgan fingerprint density at radius 2 is 1.92 bits per heavy atom. The minimum absolute atomic E-state index is 0.0185. The summed E-state index contributed by atoms with van der Waals surface area (Å²) in [6.45, 7) is 3.94. The molecule has 26 heavy (non-hydrogen) atoms. The molecule has 2 heterocycles. The summed E-state index contributed by atoms with van der Waals surface area (Å²) in [4.78, 5) is 26.4. The summed E-state index contributed by atoms with van der Waals surface area (Å²) >= 11 is 6.17. The van der Waals surface area contributed by atoms with Crippen LogP contribution in [0.5, 0.6) is 0 Å². The second kappa shape index (κ2) is 7.91. The maximum atomic E-state index is 12.4. The highest BCUT2D eigenvalue weighted by atomic mass is 35.5. The summed E-state index contributed by atoms with van der Waals surface area (Å²) in [7, 11) is 1.57. The molecule has 3 rings (SSSR count).